The van der Waals surface area contributed by atoms with Crippen LogP contribution in [0, 0.1) is 6.92 Å². The van der Waals surface area contributed by atoms with Crippen LogP contribution >= 0.6 is 0 Å². The van der Waals surface area contributed by atoms with E-state index in [1.807, 2.05) is 52.0 Å². The van der Waals surface area contributed by atoms with Gasteiger partial charge in [-0.15, -0.1) is 0 Å². The van der Waals surface area contributed by atoms with Crippen molar-refractivity contribution in [3.8, 4) is 5.75 Å². The minimum absolute atomic E-state index is 0.0988. The topological polar surface area (TPSA) is 64.3 Å². The molecule has 4 nitrogen and oxygen atoms in total. The molecule has 0 heterocycles. The van der Waals surface area contributed by atoms with Gasteiger partial charge < -0.3 is 15.8 Å². The third kappa shape index (κ3) is 4.56. The number of amides is 1. The number of carbonyl (C=O) groups excluding carboxylic acids is 1. The number of nitrogens with two attached hydrogens (primary N) is 1. The van der Waals surface area contributed by atoms with Crippen LogP contribution < -0.4 is 15.8 Å². The Hall–Kier alpha value is -1.55. The summed E-state index contributed by atoms with van der Waals surface area (Å²) in [6.45, 7) is 8.42. The van der Waals surface area contributed by atoms with Crippen molar-refractivity contribution in [1.29, 1.82) is 0 Å². The van der Waals surface area contributed by atoms with E-state index in [2.05, 4.69) is 5.32 Å². The zero-order valence-corrected chi connectivity index (χ0v) is 12.2. The second-order valence-electron chi connectivity index (χ2n) is 5.18. The van der Waals surface area contributed by atoms with Crippen molar-refractivity contribution >= 4 is 5.91 Å². The highest BCUT2D eigenvalue weighted by Gasteiger charge is 2.32. The second-order valence-corrected chi connectivity index (χ2v) is 5.18. The summed E-state index contributed by atoms with van der Waals surface area (Å²) in [5.41, 5.74) is 5.88. The third-order valence-corrected chi connectivity index (χ3v) is 3.13. The Labute approximate surface area is 115 Å². The molecule has 1 aromatic rings. The first-order valence-electron chi connectivity index (χ1n) is 6.65. The number of carbonyl (C=O) groups is 1. The van der Waals surface area contributed by atoms with E-state index in [-0.39, 0.29) is 12.0 Å². The van der Waals surface area contributed by atoms with E-state index in [0.29, 0.717) is 13.0 Å². The van der Waals surface area contributed by atoms with Gasteiger partial charge in [-0.05, 0) is 45.0 Å². The van der Waals surface area contributed by atoms with E-state index in [9.17, 15) is 4.79 Å². The molecule has 1 amide bonds. The van der Waals surface area contributed by atoms with Crippen LogP contribution in [0.25, 0.3) is 0 Å². The molecule has 0 radical (unpaired) electrons. The standard InChI is InChI=1S/C15H24N2O2/c1-5-17-15(4,14(16)18)10-12(3)19-13-8-6-7-11(2)9-13/h6-9,12,17H,5,10H2,1-4H3,(H2,16,18). The van der Waals surface area contributed by atoms with Crippen molar-refractivity contribution in [2.75, 3.05) is 6.54 Å². The summed E-state index contributed by atoms with van der Waals surface area (Å²) in [5, 5.41) is 3.13. The summed E-state index contributed by atoms with van der Waals surface area (Å²) in [5.74, 6) is 0.463. The Morgan fingerprint density at radius 2 is 2.21 bits per heavy atom. The molecule has 0 aliphatic heterocycles. The largest absolute Gasteiger partial charge is 0.491 e. The van der Waals surface area contributed by atoms with Gasteiger partial charge >= 0.3 is 0 Å². The maximum Gasteiger partial charge on any atom is 0.237 e. The summed E-state index contributed by atoms with van der Waals surface area (Å²) in [4.78, 5) is 11.6. The molecule has 2 unspecified atom stereocenters. The molecule has 0 aliphatic rings. The summed E-state index contributed by atoms with van der Waals surface area (Å²) in [6.07, 6.45) is 0.433. The maximum atomic E-state index is 11.6. The lowest BCUT2D eigenvalue weighted by Gasteiger charge is -2.30. The number of nitrogens with one attached hydrogen (secondary N) is 1. The van der Waals surface area contributed by atoms with Crippen LogP contribution in [-0.4, -0.2) is 24.1 Å². The van der Waals surface area contributed by atoms with Crippen molar-refractivity contribution < 1.29 is 9.53 Å². The predicted molar refractivity (Wildman–Crippen MR) is 77.2 cm³/mol. The van der Waals surface area contributed by atoms with Gasteiger partial charge in [0, 0.05) is 6.42 Å². The summed E-state index contributed by atoms with van der Waals surface area (Å²) in [7, 11) is 0. The molecule has 0 aliphatic carbocycles. The number of primary amides is 1. The first-order valence-corrected chi connectivity index (χ1v) is 6.65. The van der Waals surface area contributed by atoms with Gasteiger partial charge in [0.25, 0.3) is 0 Å². The number of likely N-dealkylation sites (N-methyl/N-ethyl adjacent to an activating group) is 1. The van der Waals surface area contributed by atoms with Crippen molar-refractivity contribution in [2.45, 2.75) is 45.8 Å². The molecule has 0 saturated heterocycles. The highest BCUT2D eigenvalue weighted by molar-refractivity contribution is 5.84. The molecular formula is C15H24N2O2. The zero-order chi connectivity index (χ0) is 14.5. The first-order chi connectivity index (χ1) is 8.87. The molecule has 0 spiro atoms. The van der Waals surface area contributed by atoms with E-state index in [0.717, 1.165) is 11.3 Å². The lowest BCUT2D eigenvalue weighted by molar-refractivity contribution is -0.124. The van der Waals surface area contributed by atoms with Crippen LogP contribution in [0.15, 0.2) is 24.3 Å². The molecule has 0 fully saturated rings. The lowest BCUT2D eigenvalue weighted by atomic mass is 9.94. The third-order valence-electron chi connectivity index (χ3n) is 3.13. The Kier molecular flexibility index (Phi) is 5.36. The minimum Gasteiger partial charge on any atom is -0.491 e. The average molecular weight is 264 g/mol. The van der Waals surface area contributed by atoms with Crippen LogP contribution in [0.1, 0.15) is 32.8 Å². The molecule has 3 N–H and O–H groups in total. The van der Waals surface area contributed by atoms with Crippen LogP contribution in [0.2, 0.25) is 0 Å². The van der Waals surface area contributed by atoms with E-state index < -0.39 is 5.54 Å². The smallest absolute Gasteiger partial charge is 0.237 e. The van der Waals surface area contributed by atoms with Gasteiger partial charge in [0.05, 0.1) is 11.6 Å². The highest BCUT2D eigenvalue weighted by Crippen LogP contribution is 2.19. The van der Waals surface area contributed by atoms with Crippen LogP contribution in [0.5, 0.6) is 5.75 Å². The number of hydrogen-bond acceptors (Lipinski definition) is 3. The Bertz CT molecular complexity index is 434. The van der Waals surface area contributed by atoms with Gasteiger partial charge in [0.1, 0.15) is 5.75 Å². The molecule has 0 bridgehead atoms. The molecule has 0 aromatic heterocycles. The van der Waals surface area contributed by atoms with Gasteiger partial charge in [-0.2, -0.15) is 0 Å². The fourth-order valence-electron chi connectivity index (χ4n) is 2.19. The van der Waals surface area contributed by atoms with E-state index in [4.69, 9.17) is 10.5 Å². The average Bonchev–Trinajstić information content (AvgIpc) is 2.28. The second kappa shape index (κ2) is 6.57. The van der Waals surface area contributed by atoms with Crippen molar-refractivity contribution in [3.05, 3.63) is 29.8 Å². The van der Waals surface area contributed by atoms with E-state index in [1.165, 1.54) is 0 Å². The van der Waals surface area contributed by atoms with Crippen molar-refractivity contribution in [1.82, 2.24) is 5.32 Å². The monoisotopic (exact) mass is 264 g/mol. The molecule has 19 heavy (non-hydrogen) atoms. The Morgan fingerprint density at radius 1 is 1.53 bits per heavy atom. The summed E-state index contributed by atoms with van der Waals surface area (Å²) in [6, 6.07) is 7.86. The number of benzene rings is 1. The molecule has 106 valence electrons. The van der Waals surface area contributed by atoms with Gasteiger partial charge in [-0.25, -0.2) is 0 Å². The molecule has 4 heteroatoms. The number of aryl methyl sites for hydroxylation is 1. The minimum atomic E-state index is -0.738. The fraction of sp³-hybridized carbons (Fsp3) is 0.533. The van der Waals surface area contributed by atoms with E-state index in [1.54, 1.807) is 0 Å². The molecule has 0 saturated carbocycles. The number of hydrogen-bond donors (Lipinski definition) is 2. The molecule has 1 aromatic carbocycles. The van der Waals surface area contributed by atoms with Crippen LogP contribution in [0.4, 0.5) is 0 Å². The van der Waals surface area contributed by atoms with Gasteiger partial charge in [0.15, 0.2) is 0 Å². The Balaban J connectivity index is 2.68. The van der Waals surface area contributed by atoms with Gasteiger partial charge in [-0.3, -0.25) is 4.79 Å². The van der Waals surface area contributed by atoms with Crippen molar-refractivity contribution in [3.63, 3.8) is 0 Å². The summed E-state index contributed by atoms with van der Waals surface area (Å²) >= 11 is 0. The van der Waals surface area contributed by atoms with E-state index >= 15 is 0 Å². The summed E-state index contributed by atoms with van der Waals surface area (Å²) < 4.78 is 5.84. The molecular weight excluding hydrogens is 240 g/mol. The zero-order valence-electron chi connectivity index (χ0n) is 12.2. The quantitative estimate of drug-likeness (QED) is 0.791. The Morgan fingerprint density at radius 3 is 2.74 bits per heavy atom. The number of rotatable bonds is 7. The van der Waals surface area contributed by atoms with Crippen molar-refractivity contribution in [2.24, 2.45) is 5.73 Å². The van der Waals surface area contributed by atoms with Crippen LogP contribution in [-0.2, 0) is 4.79 Å². The SMILES string of the molecule is CCNC(C)(CC(C)Oc1cccc(C)c1)C(N)=O. The molecule has 2 atom stereocenters. The van der Waals surface area contributed by atoms with Gasteiger partial charge in [-0.1, -0.05) is 19.1 Å². The number of ether oxygens (including phenoxy) is 1. The first kappa shape index (κ1) is 15.5. The molecule has 1 rings (SSSR count). The normalized spacial score (nSPS) is 15.6. The fourth-order valence-corrected chi connectivity index (χ4v) is 2.19. The maximum absolute atomic E-state index is 11.6. The van der Waals surface area contributed by atoms with Gasteiger partial charge in [0.2, 0.25) is 5.91 Å². The van der Waals surface area contributed by atoms with Crippen LogP contribution in [0.3, 0.4) is 0 Å². The predicted octanol–water partition coefficient (Wildman–Crippen LogP) is 2.01. The lowest BCUT2D eigenvalue weighted by Crippen LogP contribution is -2.55. The highest BCUT2D eigenvalue weighted by atomic mass is 16.5.